The number of likely N-dealkylation sites (N-methyl/N-ethyl adjacent to an activating group) is 2. The molecular weight excluding hydrogens is 1080 g/mol. The third kappa shape index (κ3) is 13.7. The molecule has 2 fully saturated rings. The summed E-state index contributed by atoms with van der Waals surface area (Å²) in [4.78, 5) is 88.6. The second-order valence-electron chi connectivity index (χ2n) is 24.5. The molecule has 4 aliphatic rings. The van der Waals surface area contributed by atoms with Gasteiger partial charge in [0.2, 0.25) is 35.4 Å². The van der Waals surface area contributed by atoms with E-state index in [1.807, 2.05) is 102 Å². The van der Waals surface area contributed by atoms with E-state index in [9.17, 15) is 28.8 Å². The summed E-state index contributed by atoms with van der Waals surface area (Å²) in [5.74, 6) is -1.85. The van der Waals surface area contributed by atoms with Gasteiger partial charge in [-0.05, 0) is 106 Å². The summed E-state index contributed by atoms with van der Waals surface area (Å²) in [6.45, 7) is 15.2. The minimum atomic E-state index is -0.921. The predicted molar refractivity (Wildman–Crippen MR) is 318 cm³/mol. The average molecular weight is 1170 g/mol. The summed E-state index contributed by atoms with van der Waals surface area (Å²) in [5.41, 5.74) is 5.84. The molecule has 442 valence electrons. The maximum Gasteiger partial charge on any atom is 0.246 e. The first-order chi connectivity index (χ1) is 38.1. The van der Waals surface area contributed by atoms with Crippen LogP contribution in [-0.2, 0) is 41.6 Å². The number of aromatic nitrogens is 6. The molecule has 2 aromatic heterocycles. The SMILES string of the molecule is CN[C@@H](C)C(=O)N[C@H](C(=O)N1C[C@@H](n2cc(-c3cccc(-c4cn([C@H]5C[C@@H](C(=O)N[C@@H]6CCCc7ccccc76)N(C(=O)[C@@H](NC(=O)[C@H](C)NC)C(C)(C)C)C5)nn4)c3)nn2)C[C@H]1C(=O)N[C@@H]1CCCc2ccccc21)C(C)(C)C.Cl.Cl. The van der Waals surface area contributed by atoms with Crippen molar-refractivity contribution < 1.29 is 28.8 Å². The van der Waals surface area contributed by atoms with Gasteiger partial charge in [0.15, 0.2) is 0 Å². The van der Waals surface area contributed by atoms with Crippen molar-refractivity contribution in [1.82, 2.24) is 71.7 Å². The highest BCUT2D eigenvalue weighted by molar-refractivity contribution is 5.95. The predicted octanol–water partition coefficient (Wildman–Crippen LogP) is 6.00. The van der Waals surface area contributed by atoms with E-state index < -0.39 is 59.2 Å². The molecule has 82 heavy (non-hydrogen) atoms. The number of carbonyl (C=O) groups is 6. The Morgan fingerprint density at radius 2 is 0.951 bits per heavy atom. The van der Waals surface area contributed by atoms with E-state index >= 15 is 0 Å². The Bertz CT molecular complexity index is 2900. The van der Waals surface area contributed by atoms with Crippen LogP contribution in [0.5, 0.6) is 0 Å². The zero-order chi connectivity index (χ0) is 57.2. The molecule has 9 rings (SSSR count). The Morgan fingerprint density at radius 3 is 1.33 bits per heavy atom. The minimum absolute atomic E-state index is 0. The highest BCUT2D eigenvalue weighted by atomic mass is 35.5. The van der Waals surface area contributed by atoms with Crippen LogP contribution in [0.25, 0.3) is 22.5 Å². The van der Waals surface area contributed by atoms with E-state index in [0.29, 0.717) is 11.4 Å². The van der Waals surface area contributed by atoms with Gasteiger partial charge in [-0.1, -0.05) is 119 Å². The number of halogens is 2. The second kappa shape index (κ2) is 26.2. The number of rotatable bonds is 16. The van der Waals surface area contributed by atoms with E-state index in [1.165, 1.54) is 11.1 Å². The fraction of sp³-hybridized carbons (Fsp3) is 0.533. The Balaban J connectivity index is 0.00000484. The molecule has 0 saturated carbocycles. The molecule has 2 saturated heterocycles. The van der Waals surface area contributed by atoms with Crippen LogP contribution >= 0.6 is 24.8 Å². The Morgan fingerprint density at radius 1 is 0.561 bits per heavy atom. The van der Waals surface area contributed by atoms with Crippen LogP contribution in [0.15, 0.2) is 85.2 Å². The summed E-state index contributed by atoms with van der Waals surface area (Å²) < 4.78 is 3.44. The van der Waals surface area contributed by atoms with Crippen LogP contribution in [-0.4, -0.2) is 139 Å². The van der Waals surface area contributed by atoms with Crippen molar-refractivity contribution in [1.29, 1.82) is 0 Å². The van der Waals surface area contributed by atoms with Crippen LogP contribution in [0.2, 0.25) is 0 Å². The molecule has 0 bridgehead atoms. The first-order valence-corrected chi connectivity index (χ1v) is 28.4. The topological polar surface area (TPSA) is 242 Å². The molecule has 22 heteroatoms. The number of likely N-dealkylation sites (tertiary alicyclic amines) is 2. The number of benzene rings is 3. The number of aryl methyl sites for hydroxylation is 2. The molecule has 6 amide bonds. The summed E-state index contributed by atoms with van der Waals surface area (Å²) >= 11 is 0. The van der Waals surface area contributed by atoms with Gasteiger partial charge in [0.05, 0.1) is 48.6 Å². The summed E-state index contributed by atoms with van der Waals surface area (Å²) in [6, 6.07) is 18.2. The van der Waals surface area contributed by atoms with Crippen molar-refractivity contribution in [3.8, 4) is 22.5 Å². The van der Waals surface area contributed by atoms with E-state index in [2.05, 4.69) is 76.8 Å². The average Bonchev–Trinajstić information content (AvgIpc) is 4.47. The quantitative estimate of drug-likeness (QED) is 0.0667. The normalized spacial score (nSPS) is 22.0. The van der Waals surface area contributed by atoms with E-state index in [-0.39, 0.29) is 98.3 Å². The molecular formula is C60H82Cl2N14O6. The third-order valence-corrected chi connectivity index (χ3v) is 16.8. The van der Waals surface area contributed by atoms with Gasteiger partial charge in [0.1, 0.15) is 35.6 Å². The van der Waals surface area contributed by atoms with Crippen LogP contribution < -0.4 is 31.9 Å². The molecule has 2 aliphatic heterocycles. The van der Waals surface area contributed by atoms with Crippen molar-refractivity contribution in [3.63, 3.8) is 0 Å². The standard InChI is InChI=1S/C60H80N14O6.2ClH/c1-35(61-9)53(75)65-51(59(3,4)5)57(79)71-31-41(29-49(71)55(77)63-45-26-16-20-37-18-11-13-24-43(37)45)73-33-47(67-69-73)39-22-15-23-40(28-39)48-34-74(70-68-48)42-30-50(56(78)64-46-27-17-21-38-19-12-14-25-44(38)46)72(32-42)58(80)52(60(6,7)8)66-54(76)36(2)62-10;;/h11-15,18-19,22-25,28,33-36,41-42,45-46,49-52,61-62H,16-17,20-21,26-27,29-32H2,1-10H3,(H,63,77)(H,64,78)(H,65,75)(H,66,76);2*1H/t35-,36-,41-,42-,45+,46+,49-,50-,51+,52+;;/m0../s1. The van der Waals surface area contributed by atoms with E-state index in [4.69, 9.17) is 0 Å². The molecule has 6 N–H and O–H groups in total. The smallest absolute Gasteiger partial charge is 0.246 e. The zero-order valence-electron chi connectivity index (χ0n) is 48.8. The van der Waals surface area contributed by atoms with Crippen LogP contribution in [0, 0.1) is 10.8 Å². The summed E-state index contributed by atoms with van der Waals surface area (Å²) in [7, 11) is 3.38. The highest BCUT2D eigenvalue weighted by Crippen LogP contribution is 2.37. The number of carbonyl (C=O) groups excluding carboxylic acids is 6. The van der Waals surface area contributed by atoms with E-state index in [1.54, 1.807) is 47.1 Å². The van der Waals surface area contributed by atoms with Crippen molar-refractivity contribution in [2.24, 2.45) is 10.8 Å². The maximum atomic E-state index is 14.8. The molecule has 0 spiro atoms. The largest absolute Gasteiger partial charge is 0.347 e. The molecule has 10 atom stereocenters. The molecule has 20 nitrogen and oxygen atoms in total. The molecule has 2 aliphatic carbocycles. The van der Waals surface area contributed by atoms with Gasteiger partial charge in [-0.15, -0.1) is 35.0 Å². The highest BCUT2D eigenvalue weighted by Gasteiger charge is 2.48. The monoisotopic (exact) mass is 1160 g/mol. The Hall–Kier alpha value is -6.74. The molecule has 4 heterocycles. The lowest BCUT2D eigenvalue weighted by Crippen LogP contribution is -2.59. The van der Waals surface area contributed by atoms with Crippen LogP contribution in [0.1, 0.15) is 140 Å². The first-order valence-electron chi connectivity index (χ1n) is 28.4. The number of amides is 6. The van der Waals surface area contributed by atoms with Gasteiger partial charge in [0.25, 0.3) is 0 Å². The lowest BCUT2D eigenvalue weighted by atomic mass is 9.85. The second-order valence-corrected chi connectivity index (χ2v) is 24.5. The van der Waals surface area contributed by atoms with Crippen molar-refractivity contribution in [3.05, 3.63) is 107 Å². The third-order valence-electron chi connectivity index (χ3n) is 16.8. The molecule has 0 unspecified atom stereocenters. The van der Waals surface area contributed by atoms with Crippen molar-refractivity contribution >= 4 is 60.3 Å². The lowest BCUT2D eigenvalue weighted by Gasteiger charge is -2.36. The van der Waals surface area contributed by atoms with Crippen LogP contribution in [0.4, 0.5) is 0 Å². The fourth-order valence-corrected chi connectivity index (χ4v) is 11.8. The molecule has 5 aromatic rings. The van der Waals surface area contributed by atoms with Gasteiger partial charge in [-0.2, -0.15) is 0 Å². The van der Waals surface area contributed by atoms with Crippen molar-refractivity contribution in [2.45, 2.75) is 167 Å². The number of nitrogens with one attached hydrogen (secondary N) is 6. The number of nitrogens with zero attached hydrogens (tertiary/aromatic N) is 8. The Labute approximate surface area is 493 Å². The van der Waals surface area contributed by atoms with Gasteiger partial charge in [0, 0.05) is 37.1 Å². The zero-order valence-corrected chi connectivity index (χ0v) is 50.4. The maximum absolute atomic E-state index is 14.8. The first kappa shape index (κ1) is 62.9. The van der Waals surface area contributed by atoms with E-state index in [0.717, 1.165) is 60.8 Å². The summed E-state index contributed by atoms with van der Waals surface area (Å²) in [5, 5.41) is 36.9. The van der Waals surface area contributed by atoms with Gasteiger partial charge in [-0.25, -0.2) is 9.36 Å². The minimum Gasteiger partial charge on any atom is -0.347 e. The fourth-order valence-electron chi connectivity index (χ4n) is 11.8. The number of hydrogen-bond donors (Lipinski definition) is 6. The Kier molecular flexibility index (Phi) is 20.1. The van der Waals surface area contributed by atoms with Gasteiger partial charge in [-0.3, -0.25) is 28.8 Å². The number of fused-ring (bicyclic) bond motifs is 2. The lowest BCUT2D eigenvalue weighted by molar-refractivity contribution is -0.144. The summed E-state index contributed by atoms with van der Waals surface area (Å²) in [6.07, 6.45) is 9.50. The molecule has 3 aromatic carbocycles. The molecule has 0 radical (unpaired) electrons. The number of hydrogen-bond acceptors (Lipinski definition) is 12. The van der Waals surface area contributed by atoms with Gasteiger partial charge < -0.3 is 41.7 Å². The van der Waals surface area contributed by atoms with Gasteiger partial charge >= 0.3 is 0 Å². The van der Waals surface area contributed by atoms with Crippen molar-refractivity contribution in [2.75, 3.05) is 27.2 Å². The van der Waals surface area contributed by atoms with Crippen LogP contribution in [0.3, 0.4) is 0 Å².